The van der Waals surface area contributed by atoms with E-state index in [0.29, 0.717) is 12.2 Å². The van der Waals surface area contributed by atoms with Crippen LogP contribution in [0.3, 0.4) is 0 Å². The van der Waals surface area contributed by atoms with Crippen molar-refractivity contribution >= 4 is 17.4 Å². The number of anilines is 1. The first-order valence-electron chi connectivity index (χ1n) is 9.37. The zero-order valence-electron chi connectivity index (χ0n) is 15.9. The first kappa shape index (κ1) is 20.8. The molecule has 0 spiro atoms. The highest BCUT2D eigenvalue weighted by Crippen LogP contribution is 2.44. The van der Waals surface area contributed by atoms with Gasteiger partial charge in [-0.25, -0.2) is 4.39 Å². The zero-order valence-corrected chi connectivity index (χ0v) is 16.7. The molecule has 0 aliphatic carbocycles. The van der Waals surface area contributed by atoms with Gasteiger partial charge in [0.25, 0.3) is 0 Å². The van der Waals surface area contributed by atoms with Crippen LogP contribution >= 0.6 is 11.8 Å². The number of halogens is 4. The van der Waals surface area contributed by atoms with E-state index in [-0.39, 0.29) is 11.7 Å². The van der Waals surface area contributed by atoms with Crippen molar-refractivity contribution in [2.75, 3.05) is 10.7 Å². The monoisotopic (exact) mass is 409 g/mol. The molecule has 1 nitrogen and oxygen atoms in total. The third kappa shape index (κ3) is 4.72. The number of hydrogen-bond donors (Lipinski definition) is 0. The summed E-state index contributed by atoms with van der Waals surface area (Å²) in [5.41, 5.74) is 1.46. The molecule has 1 aliphatic heterocycles. The molecule has 2 aromatic rings. The van der Waals surface area contributed by atoms with Crippen LogP contribution in [0.25, 0.3) is 0 Å². The van der Waals surface area contributed by atoms with E-state index in [1.807, 2.05) is 11.8 Å². The van der Waals surface area contributed by atoms with E-state index in [0.717, 1.165) is 40.8 Å². The van der Waals surface area contributed by atoms with Crippen molar-refractivity contribution in [3.63, 3.8) is 0 Å². The first-order valence-corrected chi connectivity index (χ1v) is 10.4. The molecule has 3 rings (SSSR count). The molecule has 0 amide bonds. The molecular formula is C22H23F4NS. The molecule has 0 saturated heterocycles. The van der Waals surface area contributed by atoms with Crippen LogP contribution in [0, 0.1) is 5.82 Å². The van der Waals surface area contributed by atoms with Crippen molar-refractivity contribution in [3.05, 3.63) is 76.1 Å². The van der Waals surface area contributed by atoms with Crippen LogP contribution in [0.4, 0.5) is 23.2 Å². The van der Waals surface area contributed by atoms with Crippen molar-refractivity contribution < 1.29 is 17.6 Å². The standard InChI is InChI=1S/C22H23F4NS/c1-3-4-10-28-21-11-15(2)19-9-8-17(22(24,25)26)13-20(19)27(21)14-16-6-5-7-18(23)12-16/h5-9,11-13,15H,3-4,10,14H2,1-2H3. The number of fused-ring (bicyclic) bond motifs is 1. The topological polar surface area (TPSA) is 3.24 Å². The van der Waals surface area contributed by atoms with Gasteiger partial charge in [0, 0.05) is 18.2 Å². The minimum Gasteiger partial charge on any atom is -0.332 e. The average Bonchev–Trinajstić information content (AvgIpc) is 2.64. The van der Waals surface area contributed by atoms with Crippen LogP contribution in [0.1, 0.15) is 49.3 Å². The van der Waals surface area contributed by atoms with Gasteiger partial charge in [-0.2, -0.15) is 13.2 Å². The molecule has 150 valence electrons. The molecule has 1 aliphatic rings. The number of hydrogen-bond acceptors (Lipinski definition) is 2. The highest BCUT2D eigenvalue weighted by molar-refractivity contribution is 8.03. The second-order valence-corrected chi connectivity index (χ2v) is 8.10. The number of nitrogens with zero attached hydrogens (tertiary/aromatic N) is 1. The fourth-order valence-electron chi connectivity index (χ4n) is 3.28. The maximum Gasteiger partial charge on any atom is 0.416 e. The van der Waals surface area contributed by atoms with Crippen LogP contribution < -0.4 is 4.90 Å². The molecule has 6 heteroatoms. The van der Waals surface area contributed by atoms with Gasteiger partial charge in [0.05, 0.1) is 10.6 Å². The van der Waals surface area contributed by atoms with Crippen molar-refractivity contribution in [3.8, 4) is 0 Å². The molecule has 0 radical (unpaired) electrons. The predicted octanol–water partition coefficient (Wildman–Crippen LogP) is 7.34. The van der Waals surface area contributed by atoms with Crippen molar-refractivity contribution in [1.82, 2.24) is 0 Å². The number of rotatable bonds is 6. The van der Waals surface area contributed by atoms with Crippen molar-refractivity contribution in [2.45, 2.75) is 45.3 Å². The Morgan fingerprint density at radius 2 is 1.89 bits per heavy atom. The Kier molecular flexibility index (Phi) is 6.38. The third-order valence-electron chi connectivity index (χ3n) is 4.78. The van der Waals surface area contributed by atoms with Gasteiger partial charge < -0.3 is 4.90 Å². The smallest absolute Gasteiger partial charge is 0.332 e. The molecule has 0 fully saturated rings. The zero-order chi connectivity index (χ0) is 20.3. The largest absolute Gasteiger partial charge is 0.416 e. The molecular weight excluding hydrogens is 386 g/mol. The van der Waals surface area contributed by atoms with Gasteiger partial charge in [-0.3, -0.25) is 0 Å². The molecule has 0 N–H and O–H groups in total. The summed E-state index contributed by atoms with van der Waals surface area (Å²) in [5.74, 6) is 0.560. The minimum atomic E-state index is -4.40. The summed E-state index contributed by atoms with van der Waals surface area (Å²) in [6.07, 6.45) is -0.233. The molecule has 0 bridgehead atoms. The Hall–Kier alpha value is -1.95. The molecule has 1 atom stereocenters. The Morgan fingerprint density at radius 1 is 1.11 bits per heavy atom. The van der Waals surface area contributed by atoms with E-state index in [2.05, 4.69) is 13.0 Å². The summed E-state index contributed by atoms with van der Waals surface area (Å²) in [7, 11) is 0. The number of alkyl halides is 3. The lowest BCUT2D eigenvalue weighted by atomic mass is 9.93. The van der Waals surface area contributed by atoms with E-state index in [1.165, 1.54) is 18.2 Å². The summed E-state index contributed by atoms with van der Waals surface area (Å²) in [4.78, 5) is 1.89. The van der Waals surface area contributed by atoms with E-state index in [4.69, 9.17) is 0 Å². The lowest BCUT2D eigenvalue weighted by molar-refractivity contribution is -0.137. The fourth-order valence-corrected chi connectivity index (χ4v) is 4.54. The average molecular weight is 409 g/mol. The van der Waals surface area contributed by atoms with Gasteiger partial charge in [0.2, 0.25) is 0 Å². The van der Waals surface area contributed by atoms with Crippen LogP contribution in [0.2, 0.25) is 0 Å². The van der Waals surface area contributed by atoms with Gasteiger partial charge in [-0.15, -0.1) is 11.8 Å². The van der Waals surface area contributed by atoms with E-state index < -0.39 is 11.7 Å². The second kappa shape index (κ2) is 8.60. The van der Waals surface area contributed by atoms with Crippen molar-refractivity contribution in [2.24, 2.45) is 0 Å². The number of benzene rings is 2. The summed E-state index contributed by atoms with van der Waals surface area (Å²) in [6.45, 7) is 4.42. The van der Waals surface area contributed by atoms with E-state index in [9.17, 15) is 17.6 Å². The fraction of sp³-hybridized carbons (Fsp3) is 0.364. The Bertz CT molecular complexity index is 860. The lowest BCUT2D eigenvalue weighted by Gasteiger charge is -2.35. The highest BCUT2D eigenvalue weighted by atomic mass is 32.2. The van der Waals surface area contributed by atoms with Crippen LogP contribution in [-0.2, 0) is 12.7 Å². The number of allylic oxidation sites excluding steroid dienone is 1. The Labute approximate surface area is 167 Å². The van der Waals surface area contributed by atoms with Gasteiger partial charge in [-0.1, -0.05) is 38.5 Å². The summed E-state index contributed by atoms with van der Waals surface area (Å²) < 4.78 is 53.6. The Balaban J connectivity index is 2.02. The maximum absolute atomic E-state index is 13.7. The summed E-state index contributed by atoms with van der Waals surface area (Å²) in [6, 6.07) is 10.1. The van der Waals surface area contributed by atoms with Crippen molar-refractivity contribution in [1.29, 1.82) is 0 Å². The summed E-state index contributed by atoms with van der Waals surface area (Å²) >= 11 is 1.65. The molecule has 1 unspecified atom stereocenters. The second-order valence-electron chi connectivity index (χ2n) is 6.98. The molecule has 28 heavy (non-hydrogen) atoms. The molecule has 1 heterocycles. The van der Waals surface area contributed by atoms with Gasteiger partial charge in [0.1, 0.15) is 5.82 Å². The number of unbranched alkanes of at least 4 members (excludes halogenated alkanes) is 1. The molecule has 2 aromatic carbocycles. The third-order valence-corrected chi connectivity index (χ3v) is 5.92. The number of thioether (sulfide) groups is 1. The van der Waals surface area contributed by atoms with Crippen LogP contribution in [-0.4, -0.2) is 5.75 Å². The summed E-state index contributed by atoms with van der Waals surface area (Å²) in [5, 5.41) is 0.928. The van der Waals surface area contributed by atoms with Gasteiger partial charge in [-0.05, 0) is 53.6 Å². The van der Waals surface area contributed by atoms with E-state index in [1.54, 1.807) is 30.0 Å². The van der Waals surface area contributed by atoms with E-state index >= 15 is 0 Å². The van der Waals surface area contributed by atoms with Gasteiger partial charge in [0.15, 0.2) is 0 Å². The van der Waals surface area contributed by atoms with Crippen LogP contribution in [0.5, 0.6) is 0 Å². The molecule has 0 aromatic heterocycles. The molecule has 0 saturated carbocycles. The quantitative estimate of drug-likeness (QED) is 0.363. The van der Waals surface area contributed by atoms with Gasteiger partial charge >= 0.3 is 6.18 Å². The lowest BCUT2D eigenvalue weighted by Crippen LogP contribution is -2.26. The first-order chi connectivity index (χ1) is 13.3. The van der Waals surface area contributed by atoms with Crippen LogP contribution in [0.15, 0.2) is 53.6 Å². The minimum absolute atomic E-state index is 0.0187. The highest BCUT2D eigenvalue weighted by Gasteiger charge is 2.33. The Morgan fingerprint density at radius 3 is 2.57 bits per heavy atom. The normalized spacial score (nSPS) is 16.7. The maximum atomic E-state index is 13.7. The predicted molar refractivity (Wildman–Crippen MR) is 108 cm³/mol. The SMILES string of the molecule is CCCCSC1=CC(C)c2ccc(C(F)(F)F)cc2N1Cc1cccc(F)c1.